The number of fused-ring (bicyclic) bond motifs is 1. The Morgan fingerprint density at radius 3 is 2.39 bits per heavy atom. The molecule has 23 heavy (non-hydrogen) atoms. The third kappa shape index (κ3) is 3.62. The fourth-order valence-electron chi connectivity index (χ4n) is 2.61. The molecule has 0 bridgehead atoms. The summed E-state index contributed by atoms with van der Waals surface area (Å²) in [4.78, 5) is 11.4. The molecule has 0 fully saturated rings. The number of furan rings is 1. The number of carbonyl (C=O) groups excluding carboxylic acids is 1. The van der Waals surface area contributed by atoms with Crippen molar-refractivity contribution in [2.75, 3.05) is 6.61 Å². The number of benzene rings is 2. The Labute approximate surface area is 135 Å². The molecule has 0 unspecified atom stereocenters. The number of hydrogen-bond donors (Lipinski definition) is 0. The van der Waals surface area contributed by atoms with Crippen molar-refractivity contribution in [3.05, 3.63) is 65.4 Å². The van der Waals surface area contributed by atoms with Gasteiger partial charge in [-0.25, -0.2) is 0 Å². The third-order valence-corrected chi connectivity index (χ3v) is 3.87. The number of hydrogen-bond acceptors (Lipinski definition) is 3. The van der Waals surface area contributed by atoms with E-state index in [1.807, 2.05) is 31.2 Å². The Kier molecular flexibility index (Phi) is 4.47. The van der Waals surface area contributed by atoms with Crippen molar-refractivity contribution in [3.63, 3.8) is 0 Å². The number of Topliss-reactive ketones (excluding diaryl/α,β-unsaturated/α-hetero) is 1. The summed E-state index contributed by atoms with van der Waals surface area (Å²) in [6.07, 6.45) is 1.89. The number of rotatable bonds is 6. The van der Waals surface area contributed by atoms with Gasteiger partial charge in [-0.3, -0.25) is 4.79 Å². The molecule has 3 aromatic rings. The summed E-state index contributed by atoms with van der Waals surface area (Å²) in [6, 6.07) is 16.1. The van der Waals surface area contributed by atoms with Crippen molar-refractivity contribution in [1.29, 1.82) is 0 Å². The first kappa shape index (κ1) is 15.3. The summed E-state index contributed by atoms with van der Waals surface area (Å²) in [7, 11) is 0. The average Bonchev–Trinajstić information content (AvgIpc) is 2.98. The Bertz CT molecular complexity index is 813. The number of ether oxygens (including phenoxy) is 1. The second-order valence-electron chi connectivity index (χ2n) is 5.62. The van der Waals surface area contributed by atoms with Gasteiger partial charge in [-0.15, -0.1) is 0 Å². The van der Waals surface area contributed by atoms with Crippen LogP contribution >= 0.6 is 0 Å². The first-order valence-electron chi connectivity index (χ1n) is 7.91. The van der Waals surface area contributed by atoms with Crippen LogP contribution in [0.25, 0.3) is 11.0 Å². The highest BCUT2D eigenvalue weighted by Crippen LogP contribution is 2.22. The maximum atomic E-state index is 11.4. The molecule has 2 aromatic carbocycles. The first-order chi connectivity index (χ1) is 11.2. The van der Waals surface area contributed by atoms with Crippen LogP contribution in [0.2, 0.25) is 0 Å². The summed E-state index contributed by atoms with van der Waals surface area (Å²) < 4.78 is 11.1. The van der Waals surface area contributed by atoms with E-state index in [-0.39, 0.29) is 5.78 Å². The molecule has 0 atom stereocenters. The van der Waals surface area contributed by atoms with Gasteiger partial charge in [0.25, 0.3) is 0 Å². The fraction of sp³-hybridized carbons (Fsp3) is 0.250. The molecular formula is C20H20O3. The lowest BCUT2D eigenvalue weighted by Gasteiger charge is -2.05. The molecule has 0 radical (unpaired) electrons. The van der Waals surface area contributed by atoms with E-state index in [0.29, 0.717) is 12.4 Å². The van der Waals surface area contributed by atoms with Crippen LogP contribution in [0, 0.1) is 0 Å². The minimum atomic E-state index is -0.0443. The normalized spacial score (nSPS) is 10.9. The molecule has 1 aromatic heterocycles. The minimum Gasteiger partial charge on any atom is -0.494 e. The molecule has 0 aliphatic rings. The molecule has 3 heteroatoms. The third-order valence-electron chi connectivity index (χ3n) is 3.87. The van der Waals surface area contributed by atoms with Gasteiger partial charge in [-0.1, -0.05) is 24.3 Å². The summed E-state index contributed by atoms with van der Waals surface area (Å²) in [6.45, 7) is 4.19. The van der Waals surface area contributed by atoms with Crippen LogP contribution in [0.3, 0.4) is 0 Å². The van der Waals surface area contributed by atoms with Gasteiger partial charge in [0.15, 0.2) is 11.5 Å². The van der Waals surface area contributed by atoms with Crippen LogP contribution in [-0.2, 0) is 12.8 Å². The lowest BCUT2D eigenvalue weighted by molar-refractivity contribution is 0.0989. The van der Waals surface area contributed by atoms with Gasteiger partial charge in [0.2, 0.25) is 0 Å². The number of aryl methyl sites for hydroxylation is 2. The van der Waals surface area contributed by atoms with Crippen LogP contribution in [0.1, 0.15) is 35.5 Å². The van der Waals surface area contributed by atoms with E-state index in [1.54, 1.807) is 6.07 Å². The Morgan fingerprint density at radius 1 is 1.00 bits per heavy atom. The van der Waals surface area contributed by atoms with Crippen LogP contribution in [0.4, 0.5) is 0 Å². The monoisotopic (exact) mass is 308 g/mol. The summed E-state index contributed by atoms with van der Waals surface area (Å²) in [5.41, 5.74) is 3.26. The molecule has 0 saturated heterocycles. The SMILES string of the molecule is CCOc1ccc(CCc2ccc3cc(C(C)=O)oc3c2)cc1. The van der Waals surface area contributed by atoms with Gasteiger partial charge in [0.05, 0.1) is 6.61 Å². The molecule has 1 heterocycles. The van der Waals surface area contributed by atoms with E-state index in [9.17, 15) is 4.79 Å². The van der Waals surface area contributed by atoms with Crippen LogP contribution in [0.5, 0.6) is 5.75 Å². The zero-order chi connectivity index (χ0) is 16.2. The van der Waals surface area contributed by atoms with Gasteiger partial charge in [-0.05, 0) is 55.2 Å². The first-order valence-corrected chi connectivity index (χ1v) is 7.91. The predicted octanol–water partition coefficient (Wildman–Crippen LogP) is 4.82. The Balaban J connectivity index is 1.70. The highest BCUT2D eigenvalue weighted by Gasteiger charge is 2.08. The topological polar surface area (TPSA) is 39.4 Å². The standard InChI is InChI=1S/C20H20O3/c1-3-22-18-10-7-15(8-11-18)4-5-16-6-9-17-13-19(14(2)21)23-20(17)12-16/h6-13H,3-5H2,1-2H3. The van der Waals surface area contributed by atoms with E-state index in [1.165, 1.54) is 18.1 Å². The molecule has 118 valence electrons. The van der Waals surface area contributed by atoms with Gasteiger partial charge in [0, 0.05) is 12.3 Å². The summed E-state index contributed by atoms with van der Waals surface area (Å²) >= 11 is 0. The fourth-order valence-corrected chi connectivity index (χ4v) is 2.61. The average molecular weight is 308 g/mol. The smallest absolute Gasteiger partial charge is 0.194 e. The van der Waals surface area contributed by atoms with Crippen molar-refractivity contribution >= 4 is 16.8 Å². The van der Waals surface area contributed by atoms with E-state index < -0.39 is 0 Å². The molecule has 3 rings (SSSR count). The van der Waals surface area contributed by atoms with Crippen molar-refractivity contribution in [2.24, 2.45) is 0 Å². The maximum absolute atomic E-state index is 11.4. The van der Waals surface area contributed by atoms with Crippen molar-refractivity contribution in [1.82, 2.24) is 0 Å². The molecule has 0 amide bonds. The van der Waals surface area contributed by atoms with Crippen molar-refractivity contribution < 1.29 is 13.9 Å². The molecule has 0 aliphatic heterocycles. The molecule has 3 nitrogen and oxygen atoms in total. The number of carbonyl (C=O) groups is 1. The van der Waals surface area contributed by atoms with Gasteiger partial charge < -0.3 is 9.15 Å². The van der Waals surface area contributed by atoms with E-state index in [4.69, 9.17) is 9.15 Å². The van der Waals surface area contributed by atoms with Gasteiger partial charge in [0.1, 0.15) is 11.3 Å². The summed E-state index contributed by atoms with van der Waals surface area (Å²) in [5, 5.41) is 0.972. The van der Waals surface area contributed by atoms with Crippen LogP contribution in [0.15, 0.2) is 52.9 Å². The molecular weight excluding hydrogens is 288 g/mol. The van der Waals surface area contributed by atoms with Gasteiger partial charge in [-0.2, -0.15) is 0 Å². The zero-order valence-corrected chi connectivity index (χ0v) is 13.5. The molecule has 0 spiro atoms. The highest BCUT2D eigenvalue weighted by atomic mass is 16.5. The minimum absolute atomic E-state index is 0.0443. The highest BCUT2D eigenvalue weighted by molar-refractivity contribution is 5.96. The predicted molar refractivity (Wildman–Crippen MR) is 91.2 cm³/mol. The molecule has 0 saturated carbocycles. The second kappa shape index (κ2) is 6.69. The Hall–Kier alpha value is -2.55. The molecule has 0 N–H and O–H groups in total. The quantitative estimate of drug-likeness (QED) is 0.613. The van der Waals surface area contributed by atoms with E-state index in [0.717, 1.165) is 29.6 Å². The largest absolute Gasteiger partial charge is 0.494 e. The van der Waals surface area contributed by atoms with Crippen molar-refractivity contribution in [2.45, 2.75) is 26.7 Å². The van der Waals surface area contributed by atoms with Crippen LogP contribution in [-0.4, -0.2) is 12.4 Å². The Morgan fingerprint density at radius 2 is 1.70 bits per heavy atom. The lowest BCUT2D eigenvalue weighted by atomic mass is 10.0. The maximum Gasteiger partial charge on any atom is 0.194 e. The van der Waals surface area contributed by atoms with E-state index >= 15 is 0 Å². The van der Waals surface area contributed by atoms with Gasteiger partial charge >= 0.3 is 0 Å². The summed E-state index contributed by atoms with van der Waals surface area (Å²) in [5.74, 6) is 1.28. The second-order valence-corrected chi connectivity index (χ2v) is 5.62. The van der Waals surface area contributed by atoms with Crippen molar-refractivity contribution in [3.8, 4) is 5.75 Å². The van der Waals surface area contributed by atoms with Crippen LogP contribution < -0.4 is 4.74 Å². The van der Waals surface area contributed by atoms with E-state index in [2.05, 4.69) is 18.2 Å². The zero-order valence-electron chi connectivity index (χ0n) is 13.5. The number of ketones is 1. The molecule has 0 aliphatic carbocycles. The lowest BCUT2D eigenvalue weighted by Crippen LogP contribution is -1.93.